The Morgan fingerprint density at radius 2 is 1.94 bits per heavy atom. The number of fused-ring (bicyclic) bond motifs is 3. The lowest BCUT2D eigenvalue weighted by Crippen LogP contribution is -2.04. The van der Waals surface area contributed by atoms with Crippen LogP contribution in [0.1, 0.15) is 10.6 Å². The Bertz CT molecular complexity index is 703. The van der Waals surface area contributed by atoms with E-state index in [4.69, 9.17) is 5.11 Å². The van der Waals surface area contributed by atoms with E-state index in [2.05, 4.69) is 10.2 Å². The number of benzene rings is 1. The molecule has 5 heteroatoms. The summed E-state index contributed by atoms with van der Waals surface area (Å²) in [6, 6.07) is 11.2. The first-order valence-corrected chi connectivity index (χ1v) is 4.73. The van der Waals surface area contributed by atoms with Gasteiger partial charge in [-0.15, -0.1) is 10.2 Å². The highest BCUT2D eigenvalue weighted by Gasteiger charge is 2.14. The molecule has 0 spiro atoms. The van der Waals surface area contributed by atoms with Crippen LogP contribution in [0.4, 0.5) is 0 Å². The molecule has 0 aliphatic carbocycles. The van der Waals surface area contributed by atoms with Gasteiger partial charge in [0, 0.05) is 0 Å². The first-order valence-electron chi connectivity index (χ1n) is 4.73. The normalized spacial score (nSPS) is 11.0. The van der Waals surface area contributed by atoms with E-state index in [1.165, 1.54) is 4.40 Å². The molecule has 0 bridgehead atoms. The fourth-order valence-electron chi connectivity index (χ4n) is 1.78. The van der Waals surface area contributed by atoms with Gasteiger partial charge in [0.2, 0.25) is 5.82 Å². The van der Waals surface area contributed by atoms with Gasteiger partial charge in [-0.2, -0.15) is 0 Å². The maximum atomic E-state index is 11.0. The van der Waals surface area contributed by atoms with Gasteiger partial charge in [0.25, 0.3) is 0 Å². The molecule has 78 valence electrons. The van der Waals surface area contributed by atoms with Crippen molar-refractivity contribution >= 4 is 22.5 Å². The Kier molecular flexibility index (Phi) is 1.67. The molecule has 1 N–H and O–H groups in total. The van der Waals surface area contributed by atoms with E-state index in [1.54, 1.807) is 6.07 Å². The third-order valence-electron chi connectivity index (χ3n) is 2.47. The smallest absolute Gasteiger partial charge is 0.374 e. The summed E-state index contributed by atoms with van der Waals surface area (Å²) in [5.74, 6) is -1.14. The zero-order valence-corrected chi connectivity index (χ0v) is 8.16. The summed E-state index contributed by atoms with van der Waals surface area (Å²) in [6.45, 7) is 0. The van der Waals surface area contributed by atoms with Gasteiger partial charge in [-0.25, -0.2) is 4.79 Å². The zero-order valence-electron chi connectivity index (χ0n) is 8.16. The molecule has 2 heterocycles. The Hall–Kier alpha value is -2.43. The summed E-state index contributed by atoms with van der Waals surface area (Å²) in [6.07, 6.45) is 0. The van der Waals surface area contributed by atoms with Crippen LogP contribution < -0.4 is 0 Å². The highest BCUT2D eigenvalue weighted by Crippen LogP contribution is 2.17. The van der Waals surface area contributed by atoms with Gasteiger partial charge in [-0.05, 0) is 23.6 Å². The number of hydrogen-bond acceptors (Lipinski definition) is 3. The maximum absolute atomic E-state index is 11.0. The lowest BCUT2D eigenvalue weighted by Gasteiger charge is -2.01. The number of rotatable bonds is 1. The average molecular weight is 213 g/mol. The maximum Gasteiger partial charge on any atom is 0.374 e. The summed E-state index contributed by atoms with van der Waals surface area (Å²) in [5.41, 5.74) is 1.33. The topological polar surface area (TPSA) is 67.5 Å². The Morgan fingerprint density at radius 1 is 1.12 bits per heavy atom. The fraction of sp³-hybridized carbons (Fsp3) is 0. The minimum Gasteiger partial charge on any atom is -0.475 e. The minimum atomic E-state index is -1.08. The summed E-state index contributed by atoms with van der Waals surface area (Å²) in [5, 5.41) is 17.4. The largest absolute Gasteiger partial charge is 0.475 e. The van der Waals surface area contributed by atoms with Crippen LogP contribution in [0.3, 0.4) is 0 Å². The molecule has 5 nitrogen and oxygen atoms in total. The highest BCUT2D eigenvalue weighted by atomic mass is 16.4. The SMILES string of the molecule is O=C(O)c1nnc2ccc3ccccc3n12. The first-order chi connectivity index (χ1) is 7.77. The molecule has 0 fully saturated rings. The molecule has 0 amide bonds. The number of carbonyl (C=O) groups is 1. The van der Waals surface area contributed by atoms with E-state index in [1.807, 2.05) is 30.3 Å². The molecule has 0 radical (unpaired) electrons. The quantitative estimate of drug-likeness (QED) is 0.666. The highest BCUT2D eigenvalue weighted by molar-refractivity contribution is 5.89. The number of aromatic carboxylic acids is 1. The van der Waals surface area contributed by atoms with Crippen molar-refractivity contribution in [1.29, 1.82) is 0 Å². The van der Waals surface area contributed by atoms with E-state index in [9.17, 15) is 4.79 Å². The van der Waals surface area contributed by atoms with Crippen molar-refractivity contribution in [2.45, 2.75) is 0 Å². The summed E-state index contributed by atoms with van der Waals surface area (Å²) < 4.78 is 1.54. The molecule has 0 atom stereocenters. The molecule has 3 aromatic rings. The molecule has 3 rings (SSSR count). The summed E-state index contributed by atoms with van der Waals surface area (Å²) >= 11 is 0. The number of para-hydroxylation sites is 1. The molecular formula is C11H7N3O2. The van der Waals surface area contributed by atoms with Crippen LogP contribution in [0.15, 0.2) is 36.4 Å². The van der Waals surface area contributed by atoms with Crippen molar-refractivity contribution in [2.24, 2.45) is 0 Å². The number of carboxylic acids is 1. The number of nitrogens with zero attached hydrogens (tertiary/aromatic N) is 3. The predicted molar refractivity (Wildman–Crippen MR) is 57.5 cm³/mol. The molecule has 0 aliphatic heterocycles. The van der Waals surface area contributed by atoms with Gasteiger partial charge < -0.3 is 5.11 Å². The standard InChI is InChI=1S/C11H7N3O2/c15-11(16)10-13-12-9-6-5-7-3-1-2-4-8(7)14(9)10/h1-6H,(H,15,16). The van der Waals surface area contributed by atoms with E-state index >= 15 is 0 Å². The lowest BCUT2D eigenvalue weighted by atomic mass is 10.2. The van der Waals surface area contributed by atoms with E-state index in [-0.39, 0.29) is 5.82 Å². The number of carboxylic acid groups (broad SMARTS) is 1. The molecule has 0 saturated heterocycles. The van der Waals surface area contributed by atoms with Gasteiger partial charge in [-0.1, -0.05) is 18.2 Å². The van der Waals surface area contributed by atoms with Crippen LogP contribution in [-0.2, 0) is 0 Å². The number of aromatic nitrogens is 3. The molecule has 0 saturated carbocycles. The van der Waals surface area contributed by atoms with Crippen molar-refractivity contribution in [3.63, 3.8) is 0 Å². The Balaban J connectivity index is 2.56. The molecule has 16 heavy (non-hydrogen) atoms. The fourth-order valence-corrected chi connectivity index (χ4v) is 1.78. The second kappa shape index (κ2) is 3.03. The number of pyridine rings is 1. The second-order valence-electron chi connectivity index (χ2n) is 3.41. The Labute approximate surface area is 90.0 Å². The Morgan fingerprint density at radius 3 is 2.75 bits per heavy atom. The van der Waals surface area contributed by atoms with Crippen LogP contribution in [0.2, 0.25) is 0 Å². The van der Waals surface area contributed by atoms with Gasteiger partial charge >= 0.3 is 5.97 Å². The van der Waals surface area contributed by atoms with Crippen LogP contribution >= 0.6 is 0 Å². The average Bonchev–Trinajstić information content (AvgIpc) is 2.73. The molecule has 0 aliphatic rings. The minimum absolute atomic E-state index is 0.0631. The molecule has 2 aromatic heterocycles. The monoisotopic (exact) mass is 213 g/mol. The van der Waals surface area contributed by atoms with E-state index in [0.717, 1.165) is 10.9 Å². The zero-order chi connectivity index (χ0) is 11.1. The van der Waals surface area contributed by atoms with Crippen LogP contribution in [0.5, 0.6) is 0 Å². The molecular weight excluding hydrogens is 206 g/mol. The van der Waals surface area contributed by atoms with Gasteiger partial charge in [0.15, 0.2) is 5.65 Å². The van der Waals surface area contributed by atoms with Crippen molar-refractivity contribution in [3.05, 3.63) is 42.2 Å². The summed E-state index contributed by atoms with van der Waals surface area (Å²) in [7, 11) is 0. The summed E-state index contributed by atoms with van der Waals surface area (Å²) in [4.78, 5) is 11.0. The molecule has 0 unspecified atom stereocenters. The van der Waals surface area contributed by atoms with Crippen molar-refractivity contribution in [2.75, 3.05) is 0 Å². The second-order valence-corrected chi connectivity index (χ2v) is 3.41. The van der Waals surface area contributed by atoms with Crippen molar-refractivity contribution in [1.82, 2.24) is 14.6 Å². The van der Waals surface area contributed by atoms with Crippen molar-refractivity contribution in [3.8, 4) is 0 Å². The van der Waals surface area contributed by atoms with Crippen LogP contribution in [0.25, 0.3) is 16.6 Å². The predicted octanol–water partition coefficient (Wildman–Crippen LogP) is 1.58. The van der Waals surface area contributed by atoms with E-state index < -0.39 is 5.97 Å². The third kappa shape index (κ3) is 1.08. The van der Waals surface area contributed by atoms with Gasteiger partial charge in [-0.3, -0.25) is 4.40 Å². The van der Waals surface area contributed by atoms with Crippen LogP contribution in [-0.4, -0.2) is 25.7 Å². The van der Waals surface area contributed by atoms with Crippen molar-refractivity contribution < 1.29 is 9.90 Å². The molecule has 1 aromatic carbocycles. The lowest BCUT2D eigenvalue weighted by molar-refractivity contribution is 0.0682. The first kappa shape index (κ1) is 8.84. The third-order valence-corrected chi connectivity index (χ3v) is 2.47. The van der Waals surface area contributed by atoms with Gasteiger partial charge in [0.05, 0.1) is 5.52 Å². The number of hydrogen-bond donors (Lipinski definition) is 1. The van der Waals surface area contributed by atoms with Crippen LogP contribution in [0, 0.1) is 0 Å². The van der Waals surface area contributed by atoms with E-state index in [0.29, 0.717) is 5.65 Å². The van der Waals surface area contributed by atoms with Gasteiger partial charge in [0.1, 0.15) is 0 Å².